The first-order valence-corrected chi connectivity index (χ1v) is 22.1. The molecule has 8 heterocycles. The number of hydrogen-bond acceptors (Lipinski definition) is 15. The summed E-state index contributed by atoms with van der Waals surface area (Å²) in [5.74, 6) is -0.0177. The average molecular weight is 863 g/mol. The quantitative estimate of drug-likeness (QED) is 0.0922. The molecule has 6 aromatic rings. The first-order chi connectivity index (χ1) is 27.5. The Morgan fingerprint density at radius 1 is 0.793 bits per heavy atom. The molecule has 0 saturated heterocycles. The number of carbonyl (C=O) groups is 3. The lowest BCUT2D eigenvalue weighted by atomic mass is 10.0. The Hall–Kier alpha value is -4.43. The number of nitrogens with zero attached hydrogens (tertiary/aromatic N) is 5. The molecule has 6 aromatic heterocycles. The molecule has 2 aliphatic heterocycles. The van der Waals surface area contributed by atoms with Crippen LogP contribution < -0.4 is 26.6 Å². The molecular weight excluding hydrogens is 813 g/mol. The number of anilines is 2. The average Bonchev–Trinajstić information content (AvgIpc) is 3.97. The van der Waals surface area contributed by atoms with Crippen molar-refractivity contribution in [2.45, 2.75) is 72.6 Å². The molecule has 2 aliphatic rings. The Morgan fingerprint density at radius 2 is 1.33 bits per heavy atom. The fourth-order valence-corrected chi connectivity index (χ4v) is 11.1. The fourth-order valence-electron chi connectivity index (χ4n) is 6.48. The van der Waals surface area contributed by atoms with Crippen molar-refractivity contribution < 1.29 is 19.1 Å². The highest BCUT2D eigenvalue weighted by molar-refractivity contribution is 7.23. The van der Waals surface area contributed by atoms with Gasteiger partial charge >= 0.3 is 6.09 Å². The van der Waals surface area contributed by atoms with E-state index in [1.165, 1.54) is 21.8 Å². The van der Waals surface area contributed by atoms with E-state index in [4.69, 9.17) is 14.7 Å². The zero-order valence-corrected chi connectivity index (χ0v) is 35.8. The molecule has 5 N–H and O–H groups in total. The predicted molar refractivity (Wildman–Crippen MR) is 238 cm³/mol. The lowest BCUT2D eigenvalue weighted by molar-refractivity contribution is -0.116. The van der Waals surface area contributed by atoms with Gasteiger partial charge in [0.25, 0.3) is 0 Å². The van der Waals surface area contributed by atoms with Crippen LogP contribution in [0.2, 0.25) is 0 Å². The van der Waals surface area contributed by atoms with E-state index in [1.807, 2.05) is 47.0 Å². The van der Waals surface area contributed by atoms with Gasteiger partial charge < -0.3 is 36.2 Å². The Labute approximate surface area is 354 Å². The molecular formula is C40H50N10O4S4. The van der Waals surface area contributed by atoms with Crippen molar-refractivity contribution in [1.29, 1.82) is 0 Å². The molecule has 308 valence electrons. The monoisotopic (exact) mass is 862 g/mol. The van der Waals surface area contributed by atoms with Crippen LogP contribution in [0.4, 0.5) is 14.8 Å². The number of fused-ring (bicyclic) bond motifs is 4. The van der Waals surface area contributed by atoms with Crippen molar-refractivity contribution in [1.82, 2.24) is 40.8 Å². The number of nitrogens with one attached hydrogen (secondary N) is 5. The summed E-state index contributed by atoms with van der Waals surface area (Å²) < 4.78 is 7.73. The Kier molecular flexibility index (Phi) is 14.2. The Bertz CT molecular complexity index is 2330. The van der Waals surface area contributed by atoms with E-state index in [0.29, 0.717) is 45.4 Å². The minimum Gasteiger partial charge on any atom is -0.444 e. The minimum absolute atomic E-state index is 0. The molecule has 3 amide bonds. The summed E-state index contributed by atoms with van der Waals surface area (Å²) in [6, 6.07) is 3.94. The topological polar surface area (TPSA) is 175 Å². The molecule has 0 aromatic carbocycles. The summed E-state index contributed by atoms with van der Waals surface area (Å²) in [5, 5.41) is 19.1. The van der Waals surface area contributed by atoms with E-state index in [-0.39, 0.29) is 25.3 Å². The van der Waals surface area contributed by atoms with Crippen molar-refractivity contribution >= 4 is 93.7 Å². The van der Waals surface area contributed by atoms with Crippen molar-refractivity contribution in [3.05, 3.63) is 57.8 Å². The highest BCUT2D eigenvalue weighted by Gasteiger charge is 2.32. The maximum absolute atomic E-state index is 12.6. The lowest BCUT2D eigenvalue weighted by Crippen LogP contribution is -2.39. The zero-order valence-electron chi connectivity index (χ0n) is 32.5. The van der Waals surface area contributed by atoms with E-state index in [2.05, 4.69) is 36.6 Å². The third kappa shape index (κ3) is 10.0. The molecule has 0 saturated carbocycles. The summed E-state index contributed by atoms with van der Waals surface area (Å²) in [6.07, 6.45) is 9.26. The molecule has 0 atom stereocenters. The second-order valence-corrected chi connectivity index (χ2v) is 18.8. The fraction of sp³-hybridized carbons (Fsp3) is 0.425. The Balaban J connectivity index is 0.000000198. The zero-order chi connectivity index (χ0) is 40.1. The van der Waals surface area contributed by atoms with Crippen molar-refractivity contribution in [2.24, 2.45) is 0 Å². The lowest BCUT2D eigenvalue weighted by Gasteiger charge is -2.30. The van der Waals surface area contributed by atoms with Crippen LogP contribution in [0.25, 0.3) is 41.6 Å². The summed E-state index contributed by atoms with van der Waals surface area (Å²) in [4.78, 5) is 59.3. The van der Waals surface area contributed by atoms with Gasteiger partial charge in [0, 0.05) is 72.3 Å². The molecule has 18 heteroatoms. The van der Waals surface area contributed by atoms with Gasteiger partial charge in [0.05, 0.1) is 28.3 Å². The summed E-state index contributed by atoms with van der Waals surface area (Å²) >= 11 is 6.43. The summed E-state index contributed by atoms with van der Waals surface area (Å²) in [7, 11) is 3.67. The van der Waals surface area contributed by atoms with Gasteiger partial charge in [-0.25, -0.2) is 14.8 Å². The first kappa shape index (κ1) is 43.2. The molecule has 0 aliphatic carbocycles. The number of thiazole rings is 2. The standard InChI is InChI=1S/C22H27N5O3S2.C17H19N5OS2.CH4/c1-22(2,3)30-21(29)27-10-7-13-16(12-27)32-20(26-17(28)6-8-23-4)18(13)19-25-14-11-24-9-5-15(14)31-19;1-18-5-4-14(23)22-17-15(10-2-6-20-9-13(10)25-17)16-21-11-8-19-7-3-12(11)24-16;/h5,9,11,23H,6-8,10,12H2,1-4H3,(H,26,28);3,7-8,18,20H,2,4-6,9H2,1H3,(H,22,23);1H4. The number of hydrogen-bond donors (Lipinski definition) is 5. The molecule has 58 heavy (non-hydrogen) atoms. The van der Waals surface area contributed by atoms with Crippen LogP contribution in [-0.4, -0.2) is 88.6 Å². The number of ether oxygens (including phenoxy) is 1. The molecule has 0 radical (unpaired) electrons. The van der Waals surface area contributed by atoms with Crippen molar-refractivity contribution in [3.8, 4) is 21.1 Å². The number of carbonyl (C=O) groups excluding carboxylic acids is 3. The first-order valence-electron chi connectivity index (χ1n) is 18.8. The number of thiophene rings is 2. The molecule has 0 unspecified atom stereocenters. The second-order valence-electron chi connectivity index (χ2n) is 14.5. The minimum atomic E-state index is -0.542. The van der Waals surface area contributed by atoms with Gasteiger partial charge in [0.15, 0.2) is 0 Å². The third-order valence-corrected chi connectivity index (χ3v) is 13.5. The SMILES string of the molecule is C.CNCCC(=O)Nc1sc2c(c1-c1nc3cnccc3s1)CCN(C(=O)OC(C)(C)C)C2.CNCCC(=O)Nc1sc2c(c1-c1nc3cnccc3s1)CCNC2. The van der Waals surface area contributed by atoms with Gasteiger partial charge in [-0.1, -0.05) is 7.43 Å². The van der Waals surface area contributed by atoms with Gasteiger partial charge in [-0.05, 0) is 77.5 Å². The van der Waals surface area contributed by atoms with Crippen molar-refractivity contribution in [3.63, 3.8) is 0 Å². The van der Waals surface area contributed by atoms with E-state index in [9.17, 15) is 14.4 Å². The molecule has 0 fully saturated rings. The summed E-state index contributed by atoms with van der Waals surface area (Å²) in [6.45, 7) is 9.69. The largest absolute Gasteiger partial charge is 0.444 e. The van der Waals surface area contributed by atoms with Crippen LogP contribution in [0, 0.1) is 0 Å². The molecule has 0 bridgehead atoms. The van der Waals surface area contributed by atoms with Crippen LogP contribution >= 0.6 is 45.3 Å². The number of amides is 3. The molecule has 8 rings (SSSR count). The number of rotatable bonds is 10. The predicted octanol–water partition coefficient (Wildman–Crippen LogP) is 7.51. The van der Waals surface area contributed by atoms with Crippen LogP contribution in [0.1, 0.15) is 61.9 Å². The highest BCUT2D eigenvalue weighted by Crippen LogP contribution is 2.47. The smallest absolute Gasteiger partial charge is 0.410 e. The summed E-state index contributed by atoms with van der Waals surface area (Å²) in [5.41, 5.74) is 5.73. The van der Waals surface area contributed by atoms with E-state index >= 15 is 0 Å². The highest BCUT2D eigenvalue weighted by atomic mass is 32.1. The third-order valence-electron chi connectivity index (χ3n) is 9.15. The van der Waals surface area contributed by atoms with Crippen LogP contribution in [0.3, 0.4) is 0 Å². The van der Waals surface area contributed by atoms with Crippen LogP contribution in [-0.2, 0) is 40.3 Å². The van der Waals surface area contributed by atoms with E-state index < -0.39 is 5.60 Å². The Morgan fingerprint density at radius 3 is 1.84 bits per heavy atom. The van der Waals surface area contributed by atoms with E-state index in [1.54, 1.807) is 63.7 Å². The van der Waals surface area contributed by atoms with Gasteiger partial charge in [-0.2, -0.15) is 0 Å². The van der Waals surface area contributed by atoms with Gasteiger partial charge in [-0.3, -0.25) is 19.6 Å². The van der Waals surface area contributed by atoms with Crippen molar-refractivity contribution in [2.75, 3.05) is 50.9 Å². The maximum atomic E-state index is 12.6. The van der Waals surface area contributed by atoms with Gasteiger partial charge in [0.1, 0.15) is 36.7 Å². The maximum Gasteiger partial charge on any atom is 0.410 e. The van der Waals surface area contributed by atoms with E-state index in [0.717, 1.165) is 81.5 Å². The number of aromatic nitrogens is 4. The molecule has 14 nitrogen and oxygen atoms in total. The van der Waals surface area contributed by atoms with Gasteiger partial charge in [-0.15, -0.1) is 45.3 Å². The number of pyridine rings is 2. The van der Waals surface area contributed by atoms with Gasteiger partial charge in [0.2, 0.25) is 11.8 Å². The normalized spacial score (nSPS) is 13.6. The molecule has 0 spiro atoms. The second kappa shape index (κ2) is 19.1. The van der Waals surface area contributed by atoms with Crippen LogP contribution in [0.5, 0.6) is 0 Å². The van der Waals surface area contributed by atoms with Crippen LogP contribution in [0.15, 0.2) is 36.9 Å².